The summed E-state index contributed by atoms with van der Waals surface area (Å²) in [6.45, 7) is 6.91. The second-order valence-electron chi connectivity index (χ2n) is 6.77. The van der Waals surface area contributed by atoms with Gasteiger partial charge in [0.15, 0.2) is 0 Å². The Morgan fingerprint density at radius 2 is 2.08 bits per heavy atom. The number of hydrogen-bond acceptors (Lipinski definition) is 3. The Morgan fingerprint density at radius 3 is 2.84 bits per heavy atom. The molecule has 1 unspecified atom stereocenters. The minimum atomic E-state index is -0.110. The zero-order valence-corrected chi connectivity index (χ0v) is 14.7. The molecule has 4 nitrogen and oxygen atoms in total. The van der Waals surface area contributed by atoms with E-state index < -0.39 is 0 Å². The van der Waals surface area contributed by atoms with Crippen molar-refractivity contribution >= 4 is 11.6 Å². The van der Waals surface area contributed by atoms with Crippen LogP contribution in [0.3, 0.4) is 0 Å². The van der Waals surface area contributed by atoms with Gasteiger partial charge in [-0.3, -0.25) is 4.79 Å². The summed E-state index contributed by atoms with van der Waals surface area (Å²) in [4.78, 5) is 14.7. The fourth-order valence-electron chi connectivity index (χ4n) is 3.23. The molecule has 1 aliphatic heterocycles. The van der Waals surface area contributed by atoms with Gasteiger partial charge in [0, 0.05) is 30.9 Å². The van der Waals surface area contributed by atoms with Crippen LogP contribution in [-0.2, 0) is 0 Å². The zero-order valence-electron chi connectivity index (χ0n) is 14.7. The molecule has 1 atom stereocenters. The van der Waals surface area contributed by atoms with Gasteiger partial charge >= 0.3 is 0 Å². The van der Waals surface area contributed by atoms with Gasteiger partial charge in [-0.15, -0.1) is 0 Å². The minimum Gasteiger partial charge on any atom is -0.371 e. The predicted molar refractivity (Wildman–Crippen MR) is 99.7 cm³/mol. The molecular weight excluding hydrogens is 310 g/mol. The van der Waals surface area contributed by atoms with Crippen LogP contribution in [0.4, 0.5) is 5.69 Å². The quantitative estimate of drug-likeness (QED) is 0.932. The van der Waals surface area contributed by atoms with Crippen LogP contribution in [0.1, 0.15) is 33.5 Å². The van der Waals surface area contributed by atoms with Gasteiger partial charge in [0.2, 0.25) is 0 Å². The summed E-state index contributed by atoms with van der Waals surface area (Å²) in [7, 11) is 0. The number of anilines is 1. The molecule has 1 N–H and O–H groups in total. The van der Waals surface area contributed by atoms with E-state index in [2.05, 4.69) is 48.3 Å². The molecule has 0 aliphatic carbocycles. The lowest BCUT2D eigenvalue weighted by Crippen LogP contribution is -2.31. The van der Waals surface area contributed by atoms with E-state index in [4.69, 9.17) is 5.26 Å². The normalized spacial score (nSPS) is 16.5. The Balaban J connectivity index is 1.55. The van der Waals surface area contributed by atoms with Crippen LogP contribution in [-0.4, -0.2) is 25.5 Å². The van der Waals surface area contributed by atoms with Gasteiger partial charge in [0.1, 0.15) is 0 Å². The third-order valence-electron chi connectivity index (χ3n) is 4.95. The predicted octanol–water partition coefficient (Wildman–Crippen LogP) is 3.43. The Kier molecular flexibility index (Phi) is 5.04. The topological polar surface area (TPSA) is 56.1 Å². The zero-order chi connectivity index (χ0) is 17.8. The first kappa shape index (κ1) is 17.0. The number of nitriles is 1. The Labute approximate surface area is 149 Å². The molecule has 0 radical (unpaired) electrons. The lowest BCUT2D eigenvalue weighted by Gasteiger charge is -2.20. The molecule has 0 bridgehead atoms. The van der Waals surface area contributed by atoms with Crippen LogP contribution < -0.4 is 10.2 Å². The van der Waals surface area contributed by atoms with Crippen molar-refractivity contribution in [2.75, 3.05) is 24.5 Å². The molecule has 1 fully saturated rings. The highest BCUT2D eigenvalue weighted by Crippen LogP contribution is 2.25. The van der Waals surface area contributed by atoms with Crippen molar-refractivity contribution < 1.29 is 4.79 Å². The van der Waals surface area contributed by atoms with E-state index in [-0.39, 0.29) is 5.91 Å². The molecule has 1 amide bonds. The highest BCUT2D eigenvalue weighted by atomic mass is 16.1. The lowest BCUT2D eigenvalue weighted by molar-refractivity contribution is 0.0948. The molecule has 1 aliphatic rings. The molecule has 128 valence electrons. The summed E-state index contributed by atoms with van der Waals surface area (Å²) < 4.78 is 0. The maximum atomic E-state index is 12.3. The highest BCUT2D eigenvalue weighted by molar-refractivity contribution is 5.94. The van der Waals surface area contributed by atoms with E-state index in [9.17, 15) is 4.79 Å². The minimum absolute atomic E-state index is 0.110. The van der Waals surface area contributed by atoms with Crippen LogP contribution in [0.5, 0.6) is 0 Å². The summed E-state index contributed by atoms with van der Waals surface area (Å²) in [6.07, 6.45) is 1.07. The van der Waals surface area contributed by atoms with E-state index in [0.717, 1.165) is 19.5 Å². The smallest absolute Gasteiger partial charge is 0.251 e. The molecule has 0 spiro atoms. The number of rotatable bonds is 4. The summed E-state index contributed by atoms with van der Waals surface area (Å²) >= 11 is 0. The number of nitrogens with one attached hydrogen (secondary N) is 1. The Hall–Kier alpha value is -2.80. The van der Waals surface area contributed by atoms with E-state index in [1.165, 1.54) is 16.8 Å². The Morgan fingerprint density at radius 1 is 1.24 bits per heavy atom. The van der Waals surface area contributed by atoms with Crippen molar-refractivity contribution in [3.8, 4) is 6.07 Å². The summed E-state index contributed by atoms with van der Waals surface area (Å²) in [5, 5.41) is 11.9. The number of hydrogen-bond donors (Lipinski definition) is 1. The maximum absolute atomic E-state index is 12.3. The van der Waals surface area contributed by atoms with Gasteiger partial charge in [-0.25, -0.2) is 0 Å². The number of nitrogens with zero attached hydrogens (tertiary/aromatic N) is 2. The van der Waals surface area contributed by atoms with Crippen molar-refractivity contribution in [1.29, 1.82) is 5.26 Å². The fraction of sp³-hybridized carbons (Fsp3) is 0.333. The van der Waals surface area contributed by atoms with E-state index in [1.54, 1.807) is 24.3 Å². The van der Waals surface area contributed by atoms with Crippen LogP contribution in [0.2, 0.25) is 0 Å². The number of carbonyl (C=O) groups is 1. The molecule has 1 heterocycles. The largest absolute Gasteiger partial charge is 0.371 e. The molecule has 0 saturated carbocycles. The maximum Gasteiger partial charge on any atom is 0.251 e. The van der Waals surface area contributed by atoms with E-state index in [1.807, 2.05) is 0 Å². The molecule has 4 heteroatoms. The number of benzene rings is 2. The Bertz CT molecular complexity index is 822. The molecule has 25 heavy (non-hydrogen) atoms. The van der Waals surface area contributed by atoms with Crippen LogP contribution in [0.25, 0.3) is 0 Å². The molecule has 2 aromatic carbocycles. The van der Waals surface area contributed by atoms with Crippen molar-refractivity contribution in [2.24, 2.45) is 5.92 Å². The monoisotopic (exact) mass is 333 g/mol. The summed E-state index contributed by atoms with van der Waals surface area (Å²) in [6, 6.07) is 15.5. The summed E-state index contributed by atoms with van der Waals surface area (Å²) in [5.41, 5.74) is 4.94. The van der Waals surface area contributed by atoms with Crippen molar-refractivity contribution in [3.63, 3.8) is 0 Å². The third kappa shape index (κ3) is 4.00. The van der Waals surface area contributed by atoms with Gasteiger partial charge < -0.3 is 10.2 Å². The summed E-state index contributed by atoms with van der Waals surface area (Å²) in [5.74, 6) is 0.339. The average molecular weight is 333 g/mol. The second-order valence-corrected chi connectivity index (χ2v) is 6.77. The number of carbonyl (C=O) groups excluding carboxylic acids is 1. The van der Waals surface area contributed by atoms with Gasteiger partial charge in [0.25, 0.3) is 5.91 Å². The fourth-order valence-corrected chi connectivity index (χ4v) is 3.23. The first-order valence-electron chi connectivity index (χ1n) is 8.67. The third-order valence-corrected chi connectivity index (χ3v) is 4.95. The van der Waals surface area contributed by atoms with Crippen molar-refractivity contribution in [3.05, 3.63) is 64.7 Å². The van der Waals surface area contributed by atoms with Crippen LogP contribution >= 0.6 is 0 Å². The highest BCUT2D eigenvalue weighted by Gasteiger charge is 2.23. The van der Waals surface area contributed by atoms with E-state index >= 15 is 0 Å². The first-order valence-corrected chi connectivity index (χ1v) is 8.67. The average Bonchev–Trinajstić information content (AvgIpc) is 3.11. The molecular formula is C21H23N3O. The molecule has 0 aromatic heterocycles. The van der Waals surface area contributed by atoms with E-state index in [0.29, 0.717) is 23.6 Å². The SMILES string of the molecule is Cc1ccc(N2CCC(CNC(=O)c3cccc(C#N)c3)C2)cc1C. The second kappa shape index (κ2) is 7.40. The van der Waals surface area contributed by atoms with Crippen molar-refractivity contribution in [1.82, 2.24) is 5.32 Å². The molecule has 3 rings (SSSR count). The van der Waals surface area contributed by atoms with Gasteiger partial charge in [-0.1, -0.05) is 12.1 Å². The van der Waals surface area contributed by atoms with Gasteiger partial charge in [-0.05, 0) is 67.6 Å². The van der Waals surface area contributed by atoms with Crippen molar-refractivity contribution in [2.45, 2.75) is 20.3 Å². The van der Waals surface area contributed by atoms with Gasteiger partial charge in [0.05, 0.1) is 11.6 Å². The van der Waals surface area contributed by atoms with Gasteiger partial charge in [-0.2, -0.15) is 5.26 Å². The number of aryl methyl sites for hydroxylation is 2. The standard InChI is InChI=1S/C21H23N3O/c1-15-6-7-20(10-16(15)2)24-9-8-18(14-24)13-23-21(25)19-5-3-4-17(11-19)12-22/h3-7,10-11,18H,8-9,13-14H2,1-2H3,(H,23,25). The molecule has 2 aromatic rings. The lowest BCUT2D eigenvalue weighted by atomic mass is 10.1. The number of amides is 1. The first-order chi connectivity index (χ1) is 12.1. The molecule has 1 saturated heterocycles. The van der Waals surface area contributed by atoms with Crippen LogP contribution in [0.15, 0.2) is 42.5 Å². The van der Waals surface area contributed by atoms with Crippen LogP contribution in [0, 0.1) is 31.1 Å².